The Morgan fingerprint density at radius 2 is 1.58 bits per heavy atom. The molecule has 3 rings (SSSR count). The second kappa shape index (κ2) is 7.56. The van der Waals surface area contributed by atoms with E-state index in [0.717, 1.165) is 38.5 Å². The lowest BCUT2D eigenvalue weighted by Crippen LogP contribution is -2.44. The summed E-state index contributed by atoms with van der Waals surface area (Å²) in [5.74, 6) is 0.376. The molecule has 2 fully saturated rings. The van der Waals surface area contributed by atoms with Gasteiger partial charge in [0.05, 0.1) is 7.11 Å². The Balaban J connectivity index is 1.63. The summed E-state index contributed by atoms with van der Waals surface area (Å²) in [5.41, 5.74) is 0.711. The highest BCUT2D eigenvalue weighted by atomic mass is 35.5. The van der Waals surface area contributed by atoms with Crippen molar-refractivity contribution >= 4 is 23.5 Å². The van der Waals surface area contributed by atoms with E-state index in [0.29, 0.717) is 29.0 Å². The van der Waals surface area contributed by atoms with Gasteiger partial charge in [0.25, 0.3) is 5.91 Å². The van der Waals surface area contributed by atoms with E-state index in [1.807, 2.05) is 12.1 Å². The van der Waals surface area contributed by atoms with Crippen molar-refractivity contribution in [2.24, 2.45) is 5.92 Å². The van der Waals surface area contributed by atoms with Crippen LogP contribution in [-0.2, 0) is 9.53 Å². The molecule has 2 aliphatic carbocycles. The molecule has 2 aliphatic rings. The molecule has 0 heterocycles. The SMILES string of the molecule is COC(=O)CC1CCC(N(C(=O)c2ccc(Cl)cc2)C2CC2)CC1. The number of amides is 1. The number of rotatable bonds is 5. The van der Waals surface area contributed by atoms with Crippen LogP contribution in [-0.4, -0.2) is 36.0 Å². The number of ether oxygens (including phenoxy) is 1. The zero-order chi connectivity index (χ0) is 17.1. The Kier molecular flexibility index (Phi) is 5.44. The Bertz CT molecular complexity index is 589. The third kappa shape index (κ3) is 4.10. The molecule has 1 aromatic carbocycles. The second-order valence-corrected chi connectivity index (χ2v) is 7.34. The van der Waals surface area contributed by atoms with Gasteiger partial charge in [0, 0.05) is 29.1 Å². The van der Waals surface area contributed by atoms with Crippen LogP contribution in [0, 0.1) is 5.92 Å². The van der Waals surface area contributed by atoms with E-state index in [9.17, 15) is 9.59 Å². The topological polar surface area (TPSA) is 46.6 Å². The number of halogens is 1. The van der Waals surface area contributed by atoms with Gasteiger partial charge in [0.1, 0.15) is 0 Å². The predicted molar refractivity (Wildman–Crippen MR) is 93.0 cm³/mol. The maximum atomic E-state index is 13.0. The van der Waals surface area contributed by atoms with Crippen LogP contribution in [0.25, 0.3) is 0 Å². The van der Waals surface area contributed by atoms with Crippen molar-refractivity contribution in [1.82, 2.24) is 4.90 Å². The van der Waals surface area contributed by atoms with E-state index < -0.39 is 0 Å². The lowest BCUT2D eigenvalue weighted by Gasteiger charge is -2.37. The summed E-state index contributed by atoms with van der Waals surface area (Å²) in [6.45, 7) is 0. The number of benzene rings is 1. The molecule has 0 N–H and O–H groups in total. The molecule has 1 aromatic rings. The first-order valence-corrected chi connectivity index (χ1v) is 9.11. The Morgan fingerprint density at radius 1 is 1.04 bits per heavy atom. The molecule has 24 heavy (non-hydrogen) atoms. The van der Waals surface area contributed by atoms with E-state index >= 15 is 0 Å². The van der Waals surface area contributed by atoms with E-state index in [1.165, 1.54) is 7.11 Å². The van der Waals surface area contributed by atoms with E-state index in [1.54, 1.807) is 12.1 Å². The average molecular weight is 350 g/mol. The maximum absolute atomic E-state index is 13.0. The monoisotopic (exact) mass is 349 g/mol. The summed E-state index contributed by atoms with van der Waals surface area (Å²) < 4.78 is 4.77. The molecule has 0 spiro atoms. The maximum Gasteiger partial charge on any atom is 0.305 e. The minimum Gasteiger partial charge on any atom is -0.469 e. The summed E-state index contributed by atoms with van der Waals surface area (Å²) >= 11 is 5.93. The van der Waals surface area contributed by atoms with Crippen LogP contribution < -0.4 is 0 Å². The number of hydrogen-bond acceptors (Lipinski definition) is 3. The summed E-state index contributed by atoms with van der Waals surface area (Å²) in [7, 11) is 1.44. The Labute approximate surface area is 148 Å². The van der Waals surface area contributed by atoms with Gasteiger partial charge in [-0.1, -0.05) is 11.6 Å². The number of carbonyl (C=O) groups excluding carboxylic acids is 2. The van der Waals surface area contributed by atoms with Gasteiger partial charge in [-0.3, -0.25) is 9.59 Å². The van der Waals surface area contributed by atoms with Crippen molar-refractivity contribution in [3.05, 3.63) is 34.9 Å². The first-order chi connectivity index (χ1) is 11.6. The quantitative estimate of drug-likeness (QED) is 0.753. The van der Waals surface area contributed by atoms with E-state index in [4.69, 9.17) is 16.3 Å². The van der Waals surface area contributed by atoms with Crippen LogP contribution in [0.4, 0.5) is 0 Å². The summed E-state index contributed by atoms with van der Waals surface area (Å²) in [4.78, 5) is 26.5. The molecule has 0 unspecified atom stereocenters. The normalized spacial score (nSPS) is 23.6. The van der Waals surface area contributed by atoms with E-state index in [-0.39, 0.29) is 17.9 Å². The van der Waals surface area contributed by atoms with Crippen molar-refractivity contribution in [1.29, 1.82) is 0 Å². The molecule has 0 bridgehead atoms. The van der Waals surface area contributed by atoms with Gasteiger partial charge in [-0.2, -0.15) is 0 Å². The standard InChI is InChI=1S/C19H24ClNO3/c1-24-18(22)12-13-2-8-16(9-3-13)21(17-10-11-17)19(23)14-4-6-15(20)7-5-14/h4-7,13,16-17H,2-3,8-12H2,1H3. The zero-order valence-electron chi connectivity index (χ0n) is 14.0. The van der Waals surface area contributed by atoms with Gasteiger partial charge in [-0.15, -0.1) is 0 Å². The predicted octanol–water partition coefficient (Wildman–Crippen LogP) is 4.07. The third-order valence-corrected chi connectivity index (χ3v) is 5.41. The molecule has 0 atom stereocenters. The van der Waals surface area contributed by atoms with Gasteiger partial charge in [0.2, 0.25) is 0 Å². The second-order valence-electron chi connectivity index (χ2n) is 6.91. The molecule has 0 saturated heterocycles. The molecule has 0 radical (unpaired) electrons. The van der Waals surface area contributed by atoms with Gasteiger partial charge in [-0.25, -0.2) is 0 Å². The van der Waals surface area contributed by atoms with Crippen LogP contribution >= 0.6 is 11.6 Å². The van der Waals surface area contributed by atoms with Crippen molar-refractivity contribution < 1.29 is 14.3 Å². The molecule has 0 aromatic heterocycles. The average Bonchev–Trinajstić information content (AvgIpc) is 3.42. The molecule has 5 heteroatoms. The lowest BCUT2D eigenvalue weighted by molar-refractivity contribution is -0.142. The highest BCUT2D eigenvalue weighted by Gasteiger charge is 2.39. The summed E-state index contributed by atoms with van der Waals surface area (Å²) in [6, 6.07) is 7.83. The molecular weight excluding hydrogens is 326 g/mol. The number of nitrogens with zero attached hydrogens (tertiary/aromatic N) is 1. The number of methoxy groups -OCH3 is 1. The number of carbonyl (C=O) groups is 2. The minimum absolute atomic E-state index is 0.116. The van der Waals surface area contributed by atoms with Gasteiger partial charge in [-0.05, 0) is 68.7 Å². The van der Waals surface area contributed by atoms with Crippen molar-refractivity contribution in [3.8, 4) is 0 Å². The summed E-state index contributed by atoms with van der Waals surface area (Å²) in [6.07, 6.45) is 6.60. The van der Waals surface area contributed by atoms with Crippen LogP contribution in [0.1, 0.15) is 55.3 Å². The molecule has 0 aliphatic heterocycles. The molecular formula is C19H24ClNO3. The Hall–Kier alpha value is -1.55. The fraction of sp³-hybridized carbons (Fsp3) is 0.579. The first kappa shape index (κ1) is 17.3. The Morgan fingerprint density at radius 3 is 2.08 bits per heavy atom. The summed E-state index contributed by atoms with van der Waals surface area (Å²) in [5, 5.41) is 0.646. The molecule has 130 valence electrons. The van der Waals surface area contributed by atoms with Crippen molar-refractivity contribution in [2.75, 3.05) is 7.11 Å². The third-order valence-electron chi connectivity index (χ3n) is 5.16. The lowest BCUT2D eigenvalue weighted by atomic mass is 9.83. The zero-order valence-corrected chi connectivity index (χ0v) is 14.8. The fourth-order valence-corrected chi connectivity index (χ4v) is 3.80. The van der Waals surface area contributed by atoms with Crippen LogP contribution in [0.2, 0.25) is 5.02 Å². The smallest absolute Gasteiger partial charge is 0.305 e. The van der Waals surface area contributed by atoms with Gasteiger partial charge >= 0.3 is 5.97 Å². The van der Waals surface area contributed by atoms with Crippen LogP contribution in [0.3, 0.4) is 0 Å². The molecule has 2 saturated carbocycles. The minimum atomic E-state index is -0.130. The fourth-order valence-electron chi connectivity index (χ4n) is 3.67. The number of esters is 1. The van der Waals surface area contributed by atoms with Gasteiger partial charge < -0.3 is 9.64 Å². The van der Waals surface area contributed by atoms with Crippen LogP contribution in [0.5, 0.6) is 0 Å². The largest absolute Gasteiger partial charge is 0.469 e. The highest BCUT2D eigenvalue weighted by molar-refractivity contribution is 6.30. The van der Waals surface area contributed by atoms with E-state index in [2.05, 4.69) is 4.90 Å². The molecule has 4 nitrogen and oxygen atoms in total. The van der Waals surface area contributed by atoms with Crippen molar-refractivity contribution in [2.45, 2.75) is 57.0 Å². The first-order valence-electron chi connectivity index (χ1n) is 8.73. The van der Waals surface area contributed by atoms with Crippen LogP contribution in [0.15, 0.2) is 24.3 Å². The number of hydrogen-bond donors (Lipinski definition) is 0. The van der Waals surface area contributed by atoms with Gasteiger partial charge in [0.15, 0.2) is 0 Å². The highest BCUT2D eigenvalue weighted by Crippen LogP contribution is 2.37. The van der Waals surface area contributed by atoms with Crippen molar-refractivity contribution in [3.63, 3.8) is 0 Å². The molecule has 1 amide bonds.